The fourth-order valence-electron chi connectivity index (χ4n) is 3.47. The van der Waals surface area contributed by atoms with Gasteiger partial charge in [0, 0.05) is 30.7 Å². The van der Waals surface area contributed by atoms with E-state index < -0.39 is 0 Å². The molecule has 0 bridgehead atoms. The molecule has 1 saturated heterocycles. The molecule has 2 aromatic rings. The molecule has 0 aromatic carbocycles. The van der Waals surface area contributed by atoms with Crippen molar-refractivity contribution in [2.45, 2.75) is 59.0 Å². The molecule has 9 heteroatoms. The molecule has 0 aliphatic carbocycles. The van der Waals surface area contributed by atoms with Crippen LogP contribution in [0.4, 0.5) is 5.82 Å². The number of nitrogens with one attached hydrogen (secondary N) is 2. The summed E-state index contributed by atoms with van der Waals surface area (Å²) < 4.78 is 5.42. The van der Waals surface area contributed by atoms with Crippen molar-refractivity contribution < 1.29 is 9.21 Å². The molecule has 0 spiro atoms. The molecule has 1 amide bonds. The van der Waals surface area contributed by atoms with Gasteiger partial charge in [0.2, 0.25) is 0 Å². The fourth-order valence-corrected chi connectivity index (χ4v) is 3.47. The van der Waals surface area contributed by atoms with Gasteiger partial charge in [0.15, 0.2) is 0 Å². The highest BCUT2D eigenvalue weighted by atomic mass is 35.5. The lowest BCUT2D eigenvalue weighted by Crippen LogP contribution is -2.44. The Labute approximate surface area is 197 Å². The highest BCUT2D eigenvalue weighted by Crippen LogP contribution is 2.24. The Morgan fingerprint density at radius 2 is 2.10 bits per heavy atom. The zero-order valence-electron chi connectivity index (χ0n) is 19.0. The second kappa shape index (κ2) is 11.7. The van der Waals surface area contributed by atoms with Crippen LogP contribution in [-0.2, 0) is 12.0 Å². The Hall–Kier alpha value is -1.83. The molecule has 31 heavy (non-hydrogen) atoms. The van der Waals surface area contributed by atoms with Crippen molar-refractivity contribution in [3.63, 3.8) is 0 Å². The van der Waals surface area contributed by atoms with Crippen molar-refractivity contribution in [1.82, 2.24) is 20.2 Å². The van der Waals surface area contributed by atoms with E-state index in [1.807, 2.05) is 17.0 Å². The summed E-state index contributed by atoms with van der Waals surface area (Å²) in [4.78, 5) is 24.8. The molecule has 0 saturated carbocycles. The molecule has 1 aliphatic rings. The van der Waals surface area contributed by atoms with Gasteiger partial charge in [0.25, 0.3) is 5.91 Å². The summed E-state index contributed by atoms with van der Waals surface area (Å²) in [7, 11) is 0. The lowest BCUT2D eigenvalue weighted by molar-refractivity contribution is 0.0667. The number of aromatic nitrogens is 2. The fraction of sp³-hybridized carbons (Fsp3) is 0.591. The summed E-state index contributed by atoms with van der Waals surface area (Å²) in [6.07, 6.45) is 4.28. The average Bonchev–Trinajstić information content (AvgIpc) is 3.36. The van der Waals surface area contributed by atoms with E-state index in [0.717, 1.165) is 25.3 Å². The number of carbonyl (C=O) groups is 1. The highest BCUT2D eigenvalue weighted by molar-refractivity contribution is 5.98. The second-order valence-corrected chi connectivity index (χ2v) is 9.14. The summed E-state index contributed by atoms with van der Waals surface area (Å²) >= 11 is 0. The number of carbonyl (C=O) groups excluding carboxylic acids is 1. The molecule has 1 atom stereocenters. The van der Waals surface area contributed by atoms with Gasteiger partial charge in [-0.3, -0.25) is 4.79 Å². The van der Waals surface area contributed by atoms with Crippen LogP contribution in [0.5, 0.6) is 0 Å². The minimum atomic E-state index is -0.213. The summed E-state index contributed by atoms with van der Waals surface area (Å²) in [6.45, 7) is 13.4. The molecular weight excluding hydrogens is 437 g/mol. The maximum Gasteiger partial charge on any atom is 0.259 e. The molecule has 1 fully saturated rings. The van der Waals surface area contributed by atoms with Gasteiger partial charge in [-0.05, 0) is 31.0 Å². The van der Waals surface area contributed by atoms with Crippen molar-refractivity contribution in [2.75, 3.05) is 25.0 Å². The van der Waals surface area contributed by atoms with Gasteiger partial charge < -0.3 is 20.0 Å². The number of nitrogens with zero attached hydrogens (tertiary/aromatic N) is 3. The summed E-state index contributed by atoms with van der Waals surface area (Å²) in [5.74, 6) is 2.42. The van der Waals surface area contributed by atoms with Crippen LogP contribution in [0.1, 0.15) is 63.0 Å². The number of amides is 1. The monoisotopic (exact) mass is 471 g/mol. The van der Waals surface area contributed by atoms with Gasteiger partial charge in [0.05, 0.1) is 12.8 Å². The number of halogens is 2. The minimum Gasteiger partial charge on any atom is -0.467 e. The van der Waals surface area contributed by atoms with Gasteiger partial charge in [-0.1, -0.05) is 34.6 Å². The first-order chi connectivity index (χ1) is 13.8. The van der Waals surface area contributed by atoms with E-state index in [-0.39, 0.29) is 42.2 Å². The van der Waals surface area contributed by atoms with Crippen molar-refractivity contribution in [3.8, 4) is 0 Å². The number of furan rings is 1. The van der Waals surface area contributed by atoms with Crippen molar-refractivity contribution in [1.29, 1.82) is 0 Å². The normalized spacial score (nSPS) is 15.9. The van der Waals surface area contributed by atoms with E-state index in [0.29, 0.717) is 36.2 Å². The molecule has 174 valence electrons. The van der Waals surface area contributed by atoms with E-state index in [1.54, 1.807) is 12.5 Å². The largest absolute Gasteiger partial charge is 0.467 e. The molecule has 0 radical (unpaired) electrons. The van der Waals surface area contributed by atoms with Crippen LogP contribution < -0.4 is 10.6 Å². The Balaban J connectivity index is 0.00000240. The zero-order valence-corrected chi connectivity index (χ0v) is 20.6. The maximum absolute atomic E-state index is 13.6. The zero-order chi connectivity index (χ0) is 21.0. The Kier molecular flexibility index (Phi) is 10.3. The van der Waals surface area contributed by atoms with Crippen LogP contribution in [0.2, 0.25) is 0 Å². The Bertz CT molecular complexity index is 816. The quantitative estimate of drug-likeness (QED) is 0.626. The molecular formula is C22H35Cl2N5O2. The SMILES string of the molecule is CC(C)CN(C(=O)c1cnc(C(C)(C)C)nc1NCc1ccco1)C1CCNC1.Cl.Cl. The third-order valence-electron chi connectivity index (χ3n) is 5.00. The van der Waals surface area contributed by atoms with Crippen LogP contribution in [0.25, 0.3) is 0 Å². The number of anilines is 1. The molecule has 2 N–H and O–H groups in total. The number of hydrogen-bond acceptors (Lipinski definition) is 6. The van der Waals surface area contributed by atoms with Crippen molar-refractivity contribution in [2.24, 2.45) is 5.92 Å². The smallest absolute Gasteiger partial charge is 0.259 e. The third-order valence-corrected chi connectivity index (χ3v) is 5.00. The Morgan fingerprint density at radius 3 is 2.65 bits per heavy atom. The summed E-state index contributed by atoms with van der Waals surface area (Å²) in [5.41, 5.74) is 0.299. The first kappa shape index (κ1) is 27.2. The van der Waals surface area contributed by atoms with E-state index in [1.165, 1.54) is 0 Å². The van der Waals surface area contributed by atoms with Crippen LogP contribution in [0.15, 0.2) is 29.0 Å². The summed E-state index contributed by atoms with van der Waals surface area (Å²) in [6, 6.07) is 3.95. The standard InChI is InChI=1S/C22H33N5O2.2ClH/c1-15(2)14-27(16-8-9-23-11-16)20(28)18-13-25-21(22(3,4)5)26-19(18)24-12-17-7-6-10-29-17;;/h6-7,10,13,15-16,23H,8-9,11-12,14H2,1-5H3,(H,24,25,26);2*1H. The average molecular weight is 472 g/mol. The number of rotatable bonds is 7. The topological polar surface area (TPSA) is 83.3 Å². The predicted molar refractivity (Wildman–Crippen MR) is 128 cm³/mol. The van der Waals surface area contributed by atoms with E-state index in [4.69, 9.17) is 9.40 Å². The molecule has 1 aliphatic heterocycles. The first-order valence-electron chi connectivity index (χ1n) is 10.4. The van der Waals surface area contributed by atoms with Gasteiger partial charge in [-0.15, -0.1) is 24.8 Å². The van der Waals surface area contributed by atoms with Gasteiger partial charge >= 0.3 is 0 Å². The lowest BCUT2D eigenvalue weighted by Gasteiger charge is -2.31. The molecule has 2 aromatic heterocycles. The molecule has 3 heterocycles. The predicted octanol–water partition coefficient (Wildman–Crippen LogP) is 4.28. The molecule has 3 rings (SSSR count). The highest BCUT2D eigenvalue weighted by Gasteiger charge is 2.30. The van der Waals surface area contributed by atoms with Crippen LogP contribution in [0, 0.1) is 5.92 Å². The summed E-state index contributed by atoms with van der Waals surface area (Å²) in [5, 5.41) is 6.67. The van der Waals surface area contributed by atoms with Crippen LogP contribution in [-0.4, -0.2) is 46.5 Å². The van der Waals surface area contributed by atoms with E-state index in [9.17, 15) is 4.79 Å². The Morgan fingerprint density at radius 1 is 1.35 bits per heavy atom. The van der Waals surface area contributed by atoms with Crippen molar-refractivity contribution in [3.05, 3.63) is 41.7 Å². The minimum absolute atomic E-state index is 0. The van der Waals surface area contributed by atoms with Crippen LogP contribution >= 0.6 is 24.8 Å². The van der Waals surface area contributed by atoms with Crippen LogP contribution in [0.3, 0.4) is 0 Å². The van der Waals surface area contributed by atoms with Gasteiger partial charge in [-0.25, -0.2) is 9.97 Å². The maximum atomic E-state index is 13.6. The number of hydrogen-bond donors (Lipinski definition) is 2. The second-order valence-electron chi connectivity index (χ2n) is 9.14. The van der Waals surface area contributed by atoms with Gasteiger partial charge in [0.1, 0.15) is 23.0 Å². The van der Waals surface area contributed by atoms with E-state index in [2.05, 4.69) is 50.2 Å². The van der Waals surface area contributed by atoms with E-state index >= 15 is 0 Å². The lowest BCUT2D eigenvalue weighted by atomic mass is 9.95. The van der Waals surface area contributed by atoms with Gasteiger partial charge in [-0.2, -0.15) is 0 Å². The molecule has 7 nitrogen and oxygen atoms in total. The first-order valence-corrected chi connectivity index (χ1v) is 10.4. The molecule has 1 unspecified atom stereocenters. The van der Waals surface area contributed by atoms with Crippen molar-refractivity contribution >= 4 is 36.5 Å². The third kappa shape index (κ3) is 7.09.